The quantitative estimate of drug-likeness (QED) is 0.838. The van der Waals surface area contributed by atoms with Crippen molar-refractivity contribution in [1.82, 2.24) is 5.32 Å². The summed E-state index contributed by atoms with van der Waals surface area (Å²) in [7, 11) is 0. The molecule has 124 valence electrons. The van der Waals surface area contributed by atoms with E-state index in [1.54, 1.807) is 12.1 Å². The summed E-state index contributed by atoms with van der Waals surface area (Å²) < 4.78 is 28.3. The Balaban J connectivity index is 0.00000242. The van der Waals surface area contributed by atoms with E-state index in [0.29, 0.717) is 18.0 Å². The summed E-state index contributed by atoms with van der Waals surface area (Å²) in [6, 6.07) is 5.93. The number of piperidine rings is 1. The molecule has 1 amide bonds. The Bertz CT molecular complexity index is 451. The number of hydrogen-bond acceptors (Lipinski definition) is 3. The third-order valence-corrected chi connectivity index (χ3v) is 3.60. The van der Waals surface area contributed by atoms with Crippen molar-refractivity contribution in [1.29, 1.82) is 0 Å². The predicted octanol–water partition coefficient (Wildman–Crippen LogP) is 3.43. The van der Waals surface area contributed by atoms with E-state index >= 15 is 0 Å². The summed E-state index contributed by atoms with van der Waals surface area (Å²) in [5.74, 6) is 0.646. The second-order valence-corrected chi connectivity index (χ2v) is 5.18. The van der Waals surface area contributed by atoms with Gasteiger partial charge in [-0.15, -0.1) is 12.4 Å². The topological polar surface area (TPSA) is 50.4 Å². The Kier molecular flexibility index (Phi) is 8.12. The number of carbonyl (C=O) groups excluding carboxylic acids is 1. The Morgan fingerprint density at radius 2 is 1.91 bits per heavy atom. The van der Waals surface area contributed by atoms with Gasteiger partial charge in [0.05, 0.1) is 0 Å². The van der Waals surface area contributed by atoms with E-state index in [-0.39, 0.29) is 24.1 Å². The maximum Gasteiger partial charge on any atom is 0.387 e. The molecule has 0 radical (unpaired) electrons. The lowest BCUT2D eigenvalue weighted by Gasteiger charge is -2.22. The average Bonchev–Trinajstić information content (AvgIpc) is 2.48. The summed E-state index contributed by atoms with van der Waals surface area (Å²) in [5.41, 5.74) is 0.590. The number of halogens is 3. The summed E-state index contributed by atoms with van der Waals surface area (Å²) in [4.78, 5) is 11.8. The molecular weight excluding hydrogens is 314 g/mol. The van der Waals surface area contributed by atoms with Gasteiger partial charge in [-0.2, -0.15) is 8.78 Å². The minimum absolute atomic E-state index is 0. The first-order chi connectivity index (χ1) is 10.1. The zero-order valence-corrected chi connectivity index (χ0v) is 13.0. The number of nitrogens with one attached hydrogen (secondary N) is 2. The Morgan fingerprint density at radius 3 is 2.50 bits per heavy atom. The van der Waals surface area contributed by atoms with Crippen molar-refractivity contribution in [2.45, 2.75) is 32.3 Å². The third-order valence-electron chi connectivity index (χ3n) is 3.60. The number of carbonyl (C=O) groups is 1. The molecule has 0 aromatic heterocycles. The largest absolute Gasteiger partial charge is 0.435 e. The summed E-state index contributed by atoms with van der Waals surface area (Å²) in [5, 5.41) is 6.06. The number of benzene rings is 1. The van der Waals surface area contributed by atoms with Crippen LogP contribution >= 0.6 is 12.4 Å². The summed E-state index contributed by atoms with van der Waals surface area (Å²) in [6.07, 6.45) is 3.61. The molecule has 2 rings (SSSR count). The SMILES string of the molecule is Cl.O=C(CCC1CCNCC1)Nc1ccc(OC(F)F)cc1. The van der Waals surface area contributed by atoms with E-state index in [1.807, 2.05) is 0 Å². The zero-order valence-electron chi connectivity index (χ0n) is 12.2. The highest BCUT2D eigenvalue weighted by Crippen LogP contribution is 2.20. The van der Waals surface area contributed by atoms with Crippen LogP contribution in [-0.2, 0) is 4.79 Å². The zero-order chi connectivity index (χ0) is 15.1. The molecule has 1 aliphatic rings. The van der Waals surface area contributed by atoms with Crippen LogP contribution in [0.15, 0.2) is 24.3 Å². The van der Waals surface area contributed by atoms with Crippen LogP contribution in [0.3, 0.4) is 0 Å². The van der Waals surface area contributed by atoms with Crippen molar-refractivity contribution in [3.63, 3.8) is 0 Å². The smallest absolute Gasteiger partial charge is 0.387 e. The van der Waals surface area contributed by atoms with Crippen LogP contribution in [-0.4, -0.2) is 25.6 Å². The van der Waals surface area contributed by atoms with Crippen LogP contribution in [0.25, 0.3) is 0 Å². The lowest BCUT2D eigenvalue weighted by atomic mass is 9.93. The van der Waals surface area contributed by atoms with E-state index in [2.05, 4.69) is 15.4 Å². The molecule has 1 aromatic rings. The van der Waals surface area contributed by atoms with Gasteiger partial charge >= 0.3 is 6.61 Å². The van der Waals surface area contributed by atoms with Crippen LogP contribution in [0.1, 0.15) is 25.7 Å². The van der Waals surface area contributed by atoms with E-state index in [9.17, 15) is 13.6 Å². The molecule has 4 nitrogen and oxygen atoms in total. The standard InChI is InChI=1S/C15H20F2N2O2.ClH/c16-15(17)21-13-4-2-12(3-5-13)19-14(20)6-1-11-7-9-18-10-8-11;/h2-5,11,15,18H,1,6-10H2,(H,19,20);1H. The molecule has 1 fully saturated rings. The number of anilines is 1. The average molecular weight is 335 g/mol. The van der Waals surface area contributed by atoms with Crippen LogP contribution < -0.4 is 15.4 Å². The molecule has 1 aromatic carbocycles. The number of hydrogen-bond donors (Lipinski definition) is 2. The van der Waals surface area contributed by atoms with Crippen molar-refractivity contribution in [2.75, 3.05) is 18.4 Å². The van der Waals surface area contributed by atoms with Gasteiger partial charge in [0, 0.05) is 12.1 Å². The molecule has 0 unspecified atom stereocenters. The van der Waals surface area contributed by atoms with Gasteiger partial charge in [-0.05, 0) is 62.5 Å². The van der Waals surface area contributed by atoms with E-state index < -0.39 is 6.61 Å². The second kappa shape index (κ2) is 9.58. The van der Waals surface area contributed by atoms with Crippen molar-refractivity contribution in [3.05, 3.63) is 24.3 Å². The predicted molar refractivity (Wildman–Crippen MR) is 83.8 cm³/mol. The number of rotatable bonds is 6. The van der Waals surface area contributed by atoms with Gasteiger partial charge in [-0.25, -0.2) is 0 Å². The lowest BCUT2D eigenvalue weighted by Crippen LogP contribution is -2.28. The highest BCUT2D eigenvalue weighted by atomic mass is 35.5. The minimum atomic E-state index is -2.84. The van der Waals surface area contributed by atoms with Crippen LogP contribution in [0.4, 0.5) is 14.5 Å². The Labute approximate surface area is 135 Å². The van der Waals surface area contributed by atoms with Gasteiger partial charge in [0.25, 0.3) is 0 Å². The van der Waals surface area contributed by atoms with Gasteiger partial charge in [-0.3, -0.25) is 4.79 Å². The number of ether oxygens (including phenoxy) is 1. The Hall–Kier alpha value is -1.40. The highest BCUT2D eigenvalue weighted by Gasteiger charge is 2.14. The van der Waals surface area contributed by atoms with Crippen LogP contribution in [0, 0.1) is 5.92 Å². The van der Waals surface area contributed by atoms with Crippen molar-refractivity contribution < 1.29 is 18.3 Å². The van der Waals surface area contributed by atoms with Gasteiger partial charge in [-0.1, -0.05) is 0 Å². The molecule has 0 atom stereocenters. The summed E-state index contributed by atoms with van der Waals surface area (Å²) >= 11 is 0. The summed E-state index contributed by atoms with van der Waals surface area (Å²) in [6.45, 7) is -0.786. The molecule has 1 aliphatic heterocycles. The molecule has 1 saturated heterocycles. The molecule has 7 heteroatoms. The van der Waals surface area contributed by atoms with E-state index in [0.717, 1.165) is 32.4 Å². The molecule has 1 heterocycles. The first kappa shape index (κ1) is 18.6. The number of amides is 1. The maximum absolute atomic E-state index is 12.0. The molecule has 0 spiro atoms. The fourth-order valence-electron chi connectivity index (χ4n) is 2.45. The molecule has 0 saturated carbocycles. The maximum atomic E-state index is 12.0. The lowest BCUT2D eigenvalue weighted by molar-refractivity contribution is -0.116. The van der Waals surface area contributed by atoms with Gasteiger partial charge < -0.3 is 15.4 Å². The number of alkyl halides is 2. The van der Waals surface area contributed by atoms with Gasteiger partial charge in [0.15, 0.2) is 0 Å². The van der Waals surface area contributed by atoms with E-state index in [4.69, 9.17) is 0 Å². The monoisotopic (exact) mass is 334 g/mol. The van der Waals surface area contributed by atoms with Gasteiger partial charge in [0.2, 0.25) is 5.91 Å². The van der Waals surface area contributed by atoms with Crippen LogP contribution in [0.2, 0.25) is 0 Å². The molecule has 22 heavy (non-hydrogen) atoms. The fourth-order valence-corrected chi connectivity index (χ4v) is 2.45. The fraction of sp³-hybridized carbons (Fsp3) is 0.533. The molecule has 0 aliphatic carbocycles. The Morgan fingerprint density at radius 1 is 1.27 bits per heavy atom. The molecular formula is C15H21ClF2N2O2. The minimum Gasteiger partial charge on any atom is -0.435 e. The third kappa shape index (κ3) is 6.58. The van der Waals surface area contributed by atoms with Crippen molar-refractivity contribution in [2.24, 2.45) is 5.92 Å². The molecule has 0 bridgehead atoms. The second-order valence-electron chi connectivity index (χ2n) is 5.18. The normalized spacial score (nSPS) is 15.2. The highest BCUT2D eigenvalue weighted by molar-refractivity contribution is 5.90. The molecule has 2 N–H and O–H groups in total. The van der Waals surface area contributed by atoms with E-state index in [1.165, 1.54) is 12.1 Å². The first-order valence-corrected chi connectivity index (χ1v) is 7.19. The van der Waals surface area contributed by atoms with Crippen molar-refractivity contribution >= 4 is 24.0 Å². The van der Waals surface area contributed by atoms with Crippen molar-refractivity contribution in [3.8, 4) is 5.75 Å². The van der Waals surface area contributed by atoms with Gasteiger partial charge in [0.1, 0.15) is 5.75 Å². The first-order valence-electron chi connectivity index (χ1n) is 7.19. The van der Waals surface area contributed by atoms with Crippen LogP contribution in [0.5, 0.6) is 5.75 Å².